The highest BCUT2D eigenvalue weighted by atomic mass is 19.2. The summed E-state index contributed by atoms with van der Waals surface area (Å²) in [7, 11) is 0. The molecule has 0 aliphatic heterocycles. The summed E-state index contributed by atoms with van der Waals surface area (Å²) < 4.78 is 79.8. The highest BCUT2D eigenvalue weighted by Crippen LogP contribution is 2.29. The standard InChI is InChI=1S/C18H21F5O5/c1-2-3-4-5-6-11(24)27-10-9-26-8-7-12(25)28-18-16(22)14(20)13(19)15(21)17(18)23/h2-10H2,1H3. The van der Waals surface area contributed by atoms with Crippen molar-refractivity contribution in [1.82, 2.24) is 0 Å². The summed E-state index contributed by atoms with van der Waals surface area (Å²) in [5.41, 5.74) is 0. The van der Waals surface area contributed by atoms with Gasteiger partial charge in [0.05, 0.1) is 19.6 Å². The van der Waals surface area contributed by atoms with E-state index in [9.17, 15) is 31.5 Å². The number of hydrogen-bond acceptors (Lipinski definition) is 5. The molecule has 10 heteroatoms. The smallest absolute Gasteiger partial charge is 0.313 e. The fourth-order valence-corrected chi connectivity index (χ4v) is 2.08. The second kappa shape index (κ2) is 12.3. The Morgan fingerprint density at radius 1 is 0.714 bits per heavy atom. The van der Waals surface area contributed by atoms with E-state index in [4.69, 9.17) is 9.47 Å². The molecule has 0 aromatic heterocycles. The number of benzene rings is 1. The van der Waals surface area contributed by atoms with Crippen LogP contribution >= 0.6 is 0 Å². The maximum atomic E-state index is 13.4. The Kier molecular flexibility index (Phi) is 10.4. The van der Waals surface area contributed by atoms with Crippen molar-refractivity contribution < 1.29 is 45.8 Å². The monoisotopic (exact) mass is 412 g/mol. The lowest BCUT2D eigenvalue weighted by Gasteiger charge is -2.09. The molecule has 0 aliphatic rings. The van der Waals surface area contributed by atoms with E-state index in [0.29, 0.717) is 6.42 Å². The number of halogens is 5. The van der Waals surface area contributed by atoms with Gasteiger partial charge in [-0.15, -0.1) is 0 Å². The average molecular weight is 412 g/mol. The van der Waals surface area contributed by atoms with Crippen molar-refractivity contribution in [3.8, 4) is 5.75 Å². The van der Waals surface area contributed by atoms with Gasteiger partial charge in [-0.1, -0.05) is 26.2 Å². The quantitative estimate of drug-likeness (QED) is 0.129. The molecule has 28 heavy (non-hydrogen) atoms. The number of esters is 2. The van der Waals surface area contributed by atoms with E-state index in [1.807, 2.05) is 0 Å². The molecule has 0 saturated carbocycles. The van der Waals surface area contributed by atoms with Crippen molar-refractivity contribution in [3.05, 3.63) is 29.1 Å². The molecule has 1 aromatic rings. The average Bonchev–Trinajstić information content (AvgIpc) is 2.68. The van der Waals surface area contributed by atoms with Crippen molar-refractivity contribution >= 4 is 11.9 Å². The lowest BCUT2D eigenvalue weighted by Crippen LogP contribution is -2.16. The summed E-state index contributed by atoms with van der Waals surface area (Å²) >= 11 is 0. The number of carbonyl (C=O) groups excluding carboxylic acids is 2. The van der Waals surface area contributed by atoms with Crippen LogP contribution in [0.5, 0.6) is 5.75 Å². The van der Waals surface area contributed by atoms with Gasteiger partial charge in [-0.3, -0.25) is 9.59 Å². The van der Waals surface area contributed by atoms with Gasteiger partial charge >= 0.3 is 11.9 Å². The molecule has 0 N–H and O–H groups in total. The van der Waals surface area contributed by atoms with Crippen LogP contribution in [0.2, 0.25) is 0 Å². The molecule has 0 amide bonds. The van der Waals surface area contributed by atoms with Crippen LogP contribution in [0, 0.1) is 29.1 Å². The van der Waals surface area contributed by atoms with E-state index in [0.717, 1.165) is 25.7 Å². The second-order valence-electron chi connectivity index (χ2n) is 5.77. The topological polar surface area (TPSA) is 61.8 Å². The van der Waals surface area contributed by atoms with Gasteiger partial charge in [0.25, 0.3) is 0 Å². The first kappa shape index (κ1) is 23.8. The molecule has 0 atom stereocenters. The summed E-state index contributed by atoms with van der Waals surface area (Å²) in [5.74, 6) is -14.5. The predicted molar refractivity (Wildman–Crippen MR) is 87.0 cm³/mol. The Labute approximate surface area is 158 Å². The first-order chi connectivity index (χ1) is 13.3. The minimum absolute atomic E-state index is 0.0312. The number of ether oxygens (including phenoxy) is 3. The number of carbonyl (C=O) groups is 2. The van der Waals surface area contributed by atoms with E-state index in [2.05, 4.69) is 11.7 Å². The van der Waals surface area contributed by atoms with E-state index in [1.54, 1.807) is 0 Å². The molecule has 0 heterocycles. The Morgan fingerprint density at radius 2 is 1.32 bits per heavy atom. The Bertz CT molecular complexity index is 652. The van der Waals surface area contributed by atoms with E-state index in [-0.39, 0.29) is 25.8 Å². The van der Waals surface area contributed by atoms with Crippen LogP contribution in [0.4, 0.5) is 22.0 Å². The number of rotatable bonds is 12. The predicted octanol–water partition coefficient (Wildman–Crippen LogP) is 4.21. The van der Waals surface area contributed by atoms with Gasteiger partial charge in [0, 0.05) is 6.42 Å². The van der Waals surface area contributed by atoms with Crippen LogP contribution in [0.15, 0.2) is 0 Å². The maximum Gasteiger partial charge on any atom is 0.313 e. The van der Waals surface area contributed by atoms with Crippen LogP contribution in [-0.4, -0.2) is 31.8 Å². The highest BCUT2D eigenvalue weighted by Gasteiger charge is 2.28. The van der Waals surface area contributed by atoms with Crippen molar-refractivity contribution in [2.45, 2.75) is 45.4 Å². The minimum atomic E-state index is -2.35. The van der Waals surface area contributed by atoms with Crippen LogP contribution in [0.3, 0.4) is 0 Å². The van der Waals surface area contributed by atoms with Gasteiger partial charge < -0.3 is 14.2 Å². The van der Waals surface area contributed by atoms with Crippen LogP contribution in [-0.2, 0) is 19.1 Å². The Hall–Kier alpha value is -2.23. The summed E-state index contributed by atoms with van der Waals surface area (Å²) in [6.45, 7) is 1.72. The molecule has 0 radical (unpaired) electrons. The third kappa shape index (κ3) is 7.41. The van der Waals surface area contributed by atoms with E-state index >= 15 is 0 Å². The van der Waals surface area contributed by atoms with Gasteiger partial charge in [-0.25, -0.2) is 13.2 Å². The van der Waals surface area contributed by atoms with E-state index < -0.39 is 47.2 Å². The molecule has 5 nitrogen and oxygen atoms in total. The zero-order chi connectivity index (χ0) is 21.1. The van der Waals surface area contributed by atoms with Gasteiger partial charge in [0.1, 0.15) is 6.61 Å². The number of hydrogen-bond donors (Lipinski definition) is 0. The molecule has 0 bridgehead atoms. The fourth-order valence-electron chi connectivity index (χ4n) is 2.08. The van der Waals surface area contributed by atoms with Gasteiger partial charge in [-0.05, 0) is 6.42 Å². The summed E-state index contributed by atoms with van der Waals surface area (Å²) in [4.78, 5) is 22.9. The third-order valence-corrected chi connectivity index (χ3v) is 3.56. The van der Waals surface area contributed by atoms with Crippen LogP contribution < -0.4 is 4.74 Å². The first-order valence-electron chi connectivity index (χ1n) is 8.75. The lowest BCUT2D eigenvalue weighted by molar-refractivity contribution is -0.146. The molecular formula is C18H21F5O5. The molecule has 0 spiro atoms. The molecule has 0 saturated heterocycles. The fraction of sp³-hybridized carbons (Fsp3) is 0.556. The molecule has 1 rings (SSSR count). The van der Waals surface area contributed by atoms with Crippen molar-refractivity contribution in [3.63, 3.8) is 0 Å². The van der Waals surface area contributed by atoms with Crippen molar-refractivity contribution in [1.29, 1.82) is 0 Å². The Morgan fingerprint density at radius 3 is 1.93 bits per heavy atom. The summed E-state index contributed by atoms with van der Waals surface area (Å²) in [5, 5.41) is 0. The molecule has 0 aliphatic carbocycles. The van der Waals surface area contributed by atoms with E-state index in [1.165, 1.54) is 0 Å². The Balaban J connectivity index is 2.28. The molecule has 1 aromatic carbocycles. The summed E-state index contributed by atoms with van der Waals surface area (Å²) in [6, 6.07) is 0. The van der Waals surface area contributed by atoms with Crippen molar-refractivity contribution in [2.24, 2.45) is 0 Å². The molecular weight excluding hydrogens is 391 g/mol. The zero-order valence-corrected chi connectivity index (χ0v) is 15.3. The second-order valence-corrected chi connectivity index (χ2v) is 5.77. The first-order valence-corrected chi connectivity index (χ1v) is 8.75. The lowest BCUT2D eigenvalue weighted by atomic mass is 10.2. The zero-order valence-electron chi connectivity index (χ0n) is 15.3. The van der Waals surface area contributed by atoms with Gasteiger partial charge in [-0.2, -0.15) is 8.78 Å². The third-order valence-electron chi connectivity index (χ3n) is 3.56. The van der Waals surface area contributed by atoms with Gasteiger partial charge in [0.2, 0.25) is 34.8 Å². The van der Waals surface area contributed by atoms with Crippen LogP contribution in [0.1, 0.15) is 45.4 Å². The largest absolute Gasteiger partial charge is 0.463 e. The molecule has 158 valence electrons. The molecule has 0 unspecified atom stereocenters. The van der Waals surface area contributed by atoms with Gasteiger partial charge in [0.15, 0.2) is 0 Å². The van der Waals surface area contributed by atoms with Crippen LogP contribution in [0.25, 0.3) is 0 Å². The highest BCUT2D eigenvalue weighted by molar-refractivity contribution is 5.72. The number of unbranched alkanes of at least 4 members (excludes halogenated alkanes) is 3. The molecule has 0 fully saturated rings. The van der Waals surface area contributed by atoms with Crippen molar-refractivity contribution in [2.75, 3.05) is 19.8 Å². The maximum absolute atomic E-state index is 13.4. The SMILES string of the molecule is CCCCCCC(=O)OCCOCCC(=O)Oc1c(F)c(F)c(F)c(F)c1F. The minimum Gasteiger partial charge on any atom is -0.463 e. The summed E-state index contributed by atoms with van der Waals surface area (Å²) in [6.07, 6.45) is 3.55. The normalized spacial score (nSPS) is 10.8.